The Bertz CT molecular complexity index is 313. The summed E-state index contributed by atoms with van der Waals surface area (Å²) in [7, 11) is 0. The summed E-state index contributed by atoms with van der Waals surface area (Å²) in [6.45, 7) is 7.56. The molecule has 1 fully saturated rings. The second-order valence-corrected chi connectivity index (χ2v) is 5.70. The Balaban J connectivity index is 1.99. The highest BCUT2D eigenvalue weighted by Gasteiger charge is 2.50. The molecule has 0 saturated heterocycles. The van der Waals surface area contributed by atoms with Crippen molar-refractivity contribution in [1.29, 1.82) is 0 Å². The Kier molecular flexibility index (Phi) is 3.53. The van der Waals surface area contributed by atoms with Crippen LogP contribution in [0.1, 0.15) is 52.9 Å². The first-order valence-corrected chi connectivity index (χ1v) is 6.55. The van der Waals surface area contributed by atoms with Crippen LogP contribution in [0.15, 0.2) is 23.3 Å². The highest BCUT2D eigenvalue weighted by Crippen LogP contribution is 2.49. The van der Waals surface area contributed by atoms with Gasteiger partial charge in [-0.1, -0.05) is 23.3 Å². The molecule has 2 rings (SSSR count). The van der Waals surface area contributed by atoms with Crippen molar-refractivity contribution in [2.45, 2.75) is 58.5 Å². The van der Waals surface area contributed by atoms with E-state index >= 15 is 0 Å². The Morgan fingerprint density at radius 2 is 1.94 bits per heavy atom. The number of rotatable bonds is 0. The lowest BCUT2D eigenvalue weighted by atomic mass is 10.0. The van der Waals surface area contributed by atoms with Crippen LogP contribution in [-0.4, -0.2) is 12.2 Å². The molecule has 2 atom stereocenters. The van der Waals surface area contributed by atoms with Gasteiger partial charge in [-0.05, 0) is 58.8 Å². The van der Waals surface area contributed by atoms with Crippen molar-refractivity contribution in [3.05, 3.63) is 23.3 Å². The lowest BCUT2D eigenvalue weighted by molar-refractivity contribution is 0.0527. The first kappa shape index (κ1) is 11.9. The standard InChI is InChI=1S/C15H24O/c1-12-5-4-6-13(2)9-10-16-15(3)11-14(15)8-7-12/h5,9,14H,4,6-8,10-11H2,1-3H3. The highest BCUT2D eigenvalue weighted by atomic mass is 16.5. The maximum absolute atomic E-state index is 5.99. The molecule has 1 heterocycles. The average molecular weight is 220 g/mol. The minimum atomic E-state index is 0.191. The smallest absolute Gasteiger partial charge is 0.0691 e. The quantitative estimate of drug-likeness (QED) is 0.555. The first-order valence-electron chi connectivity index (χ1n) is 6.55. The van der Waals surface area contributed by atoms with Crippen molar-refractivity contribution < 1.29 is 4.74 Å². The van der Waals surface area contributed by atoms with Gasteiger partial charge >= 0.3 is 0 Å². The van der Waals surface area contributed by atoms with Gasteiger partial charge in [0.2, 0.25) is 0 Å². The van der Waals surface area contributed by atoms with Crippen LogP contribution in [0.5, 0.6) is 0 Å². The van der Waals surface area contributed by atoms with E-state index in [-0.39, 0.29) is 5.60 Å². The normalized spacial score (nSPS) is 36.3. The third-order valence-electron chi connectivity index (χ3n) is 4.12. The predicted molar refractivity (Wildman–Crippen MR) is 68.4 cm³/mol. The van der Waals surface area contributed by atoms with E-state index in [1.165, 1.54) is 37.7 Å². The topological polar surface area (TPSA) is 9.23 Å². The molecule has 0 N–H and O–H groups in total. The fourth-order valence-corrected chi connectivity index (χ4v) is 2.54. The summed E-state index contributed by atoms with van der Waals surface area (Å²) < 4.78 is 5.99. The van der Waals surface area contributed by atoms with Gasteiger partial charge in [-0.3, -0.25) is 0 Å². The van der Waals surface area contributed by atoms with Crippen LogP contribution >= 0.6 is 0 Å². The second-order valence-electron chi connectivity index (χ2n) is 5.70. The van der Waals surface area contributed by atoms with Gasteiger partial charge in [-0.25, -0.2) is 0 Å². The van der Waals surface area contributed by atoms with E-state index in [2.05, 4.69) is 32.9 Å². The molecule has 1 heteroatoms. The minimum Gasteiger partial charge on any atom is -0.371 e. The zero-order valence-electron chi connectivity index (χ0n) is 10.9. The molecular weight excluding hydrogens is 196 g/mol. The van der Waals surface area contributed by atoms with E-state index < -0.39 is 0 Å². The summed E-state index contributed by atoms with van der Waals surface area (Å²) in [5.41, 5.74) is 3.21. The zero-order chi connectivity index (χ0) is 11.6. The summed E-state index contributed by atoms with van der Waals surface area (Å²) in [5, 5.41) is 0. The van der Waals surface area contributed by atoms with E-state index in [0.29, 0.717) is 0 Å². The van der Waals surface area contributed by atoms with Crippen molar-refractivity contribution in [2.75, 3.05) is 6.61 Å². The van der Waals surface area contributed by atoms with Crippen molar-refractivity contribution in [3.8, 4) is 0 Å². The Morgan fingerprint density at radius 1 is 1.19 bits per heavy atom. The van der Waals surface area contributed by atoms with E-state index in [1.54, 1.807) is 5.57 Å². The highest BCUT2D eigenvalue weighted by molar-refractivity contribution is 5.09. The van der Waals surface area contributed by atoms with Crippen molar-refractivity contribution >= 4 is 0 Å². The number of hydrogen-bond acceptors (Lipinski definition) is 1. The van der Waals surface area contributed by atoms with Gasteiger partial charge in [-0.15, -0.1) is 0 Å². The van der Waals surface area contributed by atoms with E-state index in [1.807, 2.05) is 0 Å². The lowest BCUT2D eigenvalue weighted by Gasteiger charge is -2.13. The SMILES string of the molecule is CC1=CCOC2(C)CC2CCC(C)=CCC1. The van der Waals surface area contributed by atoms with Crippen LogP contribution in [-0.2, 0) is 4.74 Å². The van der Waals surface area contributed by atoms with Gasteiger partial charge in [-0.2, -0.15) is 0 Å². The molecule has 0 aromatic carbocycles. The Morgan fingerprint density at radius 3 is 2.75 bits per heavy atom. The van der Waals surface area contributed by atoms with Crippen LogP contribution < -0.4 is 0 Å². The Labute approximate surface area is 99.6 Å². The van der Waals surface area contributed by atoms with Crippen LogP contribution in [0, 0.1) is 5.92 Å². The molecular formula is C15H24O. The second kappa shape index (κ2) is 4.75. The molecule has 90 valence electrons. The maximum atomic E-state index is 5.99. The fourth-order valence-electron chi connectivity index (χ4n) is 2.54. The maximum Gasteiger partial charge on any atom is 0.0691 e. The van der Waals surface area contributed by atoms with Crippen LogP contribution in [0.25, 0.3) is 0 Å². The van der Waals surface area contributed by atoms with Crippen molar-refractivity contribution in [3.63, 3.8) is 0 Å². The molecule has 1 aliphatic heterocycles. The van der Waals surface area contributed by atoms with Crippen molar-refractivity contribution in [1.82, 2.24) is 0 Å². The molecule has 0 radical (unpaired) electrons. The molecule has 1 saturated carbocycles. The molecule has 0 spiro atoms. The van der Waals surface area contributed by atoms with Crippen LogP contribution in [0.4, 0.5) is 0 Å². The van der Waals surface area contributed by atoms with Crippen LogP contribution in [0.2, 0.25) is 0 Å². The van der Waals surface area contributed by atoms with E-state index in [4.69, 9.17) is 4.74 Å². The van der Waals surface area contributed by atoms with Crippen LogP contribution in [0.3, 0.4) is 0 Å². The van der Waals surface area contributed by atoms with Gasteiger partial charge in [0.05, 0.1) is 12.2 Å². The summed E-state index contributed by atoms with van der Waals surface area (Å²) in [5.74, 6) is 0.795. The van der Waals surface area contributed by atoms with E-state index in [0.717, 1.165) is 12.5 Å². The molecule has 2 unspecified atom stereocenters. The zero-order valence-corrected chi connectivity index (χ0v) is 10.9. The van der Waals surface area contributed by atoms with Gasteiger partial charge < -0.3 is 4.74 Å². The molecule has 1 nitrogen and oxygen atoms in total. The van der Waals surface area contributed by atoms with Gasteiger partial charge in [0.1, 0.15) is 0 Å². The third kappa shape index (κ3) is 2.98. The first-order chi connectivity index (χ1) is 7.60. The molecule has 1 aliphatic carbocycles. The summed E-state index contributed by atoms with van der Waals surface area (Å²) in [4.78, 5) is 0. The summed E-state index contributed by atoms with van der Waals surface area (Å²) in [6, 6.07) is 0. The number of fused-ring (bicyclic) bond motifs is 1. The van der Waals surface area contributed by atoms with Gasteiger partial charge in [0.25, 0.3) is 0 Å². The predicted octanol–water partition coefficient (Wildman–Crippen LogP) is 4.25. The molecule has 0 aromatic rings. The minimum absolute atomic E-state index is 0.191. The number of ether oxygens (including phenoxy) is 1. The number of hydrogen-bond donors (Lipinski definition) is 0. The molecule has 0 bridgehead atoms. The van der Waals surface area contributed by atoms with Crippen molar-refractivity contribution in [2.24, 2.45) is 5.92 Å². The molecule has 2 aliphatic rings. The molecule has 0 aromatic heterocycles. The van der Waals surface area contributed by atoms with Gasteiger partial charge in [0.15, 0.2) is 0 Å². The summed E-state index contributed by atoms with van der Waals surface area (Å²) >= 11 is 0. The monoisotopic (exact) mass is 220 g/mol. The molecule has 16 heavy (non-hydrogen) atoms. The van der Waals surface area contributed by atoms with Gasteiger partial charge in [0, 0.05) is 0 Å². The average Bonchev–Trinajstić information content (AvgIpc) is 2.85. The largest absolute Gasteiger partial charge is 0.371 e. The fraction of sp³-hybridized carbons (Fsp3) is 0.733. The number of allylic oxidation sites excluding steroid dienone is 3. The summed E-state index contributed by atoms with van der Waals surface area (Å²) in [6.07, 6.45) is 10.9. The third-order valence-corrected chi connectivity index (χ3v) is 4.12. The molecule has 0 amide bonds. The lowest BCUT2D eigenvalue weighted by Crippen LogP contribution is -2.13. The Hall–Kier alpha value is -0.560. The van der Waals surface area contributed by atoms with E-state index in [9.17, 15) is 0 Å².